The predicted octanol–water partition coefficient (Wildman–Crippen LogP) is -0.662. The number of carboxylic acids is 1. The van der Waals surface area contributed by atoms with E-state index in [1.54, 1.807) is 4.90 Å². The summed E-state index contributed by atoms with van der Waals surface area (Å²) in [7, 11) is 0. The number of carbonyl (C=O) groups is 2. The van der Waals surface area contributed by atoms with Gasteiger partial charge in [-0.2, -0.15) is 0 Å². The quantitative estimate of drug-likeness (QED) is 0.625. The smallest absolute Gasteiger partial charge is 0.329 e. The molecule has 0 radical (unpaired) electrons. The van der Waals surface area contributed by atoms with Crippen LogP contribution >= 0.6 is 0 Å². The van der Waals surface area contributed by atoms with Crippen LogP contribution in [-0.4, -0.2) is 60.9 Å². The van der Waals surface area contributed by atoms with E-state index in [1.165, 1.54) is 0 Å². The standard InChI is InChI=1S/C11H15NO5/c1-2-5-17-9-3-4-12(6-9)10(13)7-16-8-11(14)15/h1,9H,3-8H2,(H,14,15). The molecule has 0 aromatic carbocycles. The Balaban J connectivity index is 2.21. The normalized spacial score (nSPS) is 19.0. The van der Waals surface area contributed by atoms with Gasteiger partial charge in [0.15, 0.2) is 0 Å². The van der Waals surface area contributed by atoms with Crippen LogP contribution in [0, 0.1) is 12.3 Å². The first kappa shape index (κ1) is 13.5. The maximum atomic E-state index is 11.6. The molecule has 1 aliphatic rings. The largest absolute Gasteiger partial charge is 0.480 e. The van der Waals surface area contributed by atoms with Crippen LogP contribution in [0.4, 0.5) is 0 Å². The first-order valence-electron chi connectivity index (χ1n) is 5.26. The lowest BCUT2D eigenvalue weighted by atomic mass is 10.3. The SMILES string of the molecule is C#CCOC1CCN(C(=O)COCC(=O)O)C1. The van der Waals surface area contributed by atoms with Gasteiger partial charge in [-0.15, -0.1) is 6.42 Å². The van der Waals surface area contributed by atoms with Crippen molar-refractivity contribution in [2.45, 2.75) is 12.5 Å². The molecule has 1 saturated heterocycles. The van der Waals surface area contributed by atoms with E-state index in [4.69, 9.17) is 21.0 Å². The summed E-state index contributed by atoms with van der Waals surface area (Å²) in [6, 6.07) is 0. The Morgan fingerprint density at radius 1 is 1.47 bits per heavy atom. The number of carboxylic acid groups (broad SMARTS) is 1. The van der Waals surface area contributed by atoms with Crippen LogP contribution in [0.1, 0.15) is 6.42 Å². The molecule has 1 atom stereocenters. The van der Waals surface area contributed by atoms with Crippen molar-refractivity contribution in [3.8, 4) is 12.3 Å². The third kappa shape index (κ3) is 4.85. The summed E-state index contributed by atoms with van der Waals surface area (Å²) in [6.45, 7) is 0.633. The molecule has 0 bridgehead atoms. The van der Waals surface area contributed by atoms with E-state index in [1.807, 2.05) is 0 Å². The van der Waals surface area contributed by atoms with Crippen LogP contribution in [0.25, 0.3) is 0 Å². The maximum Gasteiger partial charge on any atom is 0.329 e. The zero-order valence-electron chi connectivity index (χ0n) is 9.42. The van der Waals surface area contributed by atoms with E-state index in [2.05, 4.69) is 5.92 Å². The topological polar surface area (TPSA) is 76.1 Å². The molecule has 6 heteroatoms. The van der Waals surface area contributed by atoms with Crippen LogP contribution in [0.5, 0.6) is 0 Å². The molecule has 0 saturated carbocycles. The summed E-state index contributed by atoms with van der Waals surface area (Å²) in [6.07, 6.45) is 5.77. The second-order valence-corrected chi connectivity index (χ2v) is 3.65. The summed E-state index contributed by atoms with van der Waals surface area (Å²) in [5, 5.41) is 8.34. The summed E-state index contributed by atoms with van der Waals surface area (Å²) < 4.78 is 10.0. The highest BCUT2D eigenvalue weighted by Crippen LogP contribution is 2.12. The number of nitrogens with zero attached hydrogens (tertiary/aromatic N) is 1. The minimum absolute atomic E-state index is 0.0329. The van der Waals surface area contributed by atoms with Crippen molar-refractivity contribution in [2.24, 2.45) is 0 Å². The molecule has 1 fully saturated rings. The molecule has 17 heavy (non-hydrogen) atoms. The van der Waals surface area contributed by atoms with Crippen molar-refractivity contribution in [3.05, 3.63) is 0 Å². The van der Waals surface area contributed by atoms with Crippen LogP contribution in [0.15, 0.2) is 0 Å². The van der Waals surface area contributed by atoms with Crippen molar-refractivity contribution in [3.63, 3.8) is 0 Å². The number of ether oxygens (including phenoxy) is 2. The van der Waals surface area contributed by atoms with Crippen molar-refractivity contribution < 1.29 is 24.2 Å². The highest BCUT2D eigenvalue weighted by molar-refractivity contribution is 5.78. The van der Waals surface area contributed by atoms with E-state index < -0.39 is 12.6 Å². The first-order valence-corrected chi connectivity index (χ1v) is 5.26. The Kier molecular flexibility index (Phi) is 5.46. The van der Waals surface area contributed by atoms with Crippen LogP contribution in [-0.2, 0) is 19.1 Å². The first-order chi connectivity index (χ1) is 8.13. The molecule has 1 heterocycles. The Bertz CT molecular complexity index is 322. The number of terminal acetylenes is 1. The van der Waals surface area contributed by atoms with Crippen molar-refractivity contribution in [1.82, 2.24) is 4.90 Å². The molecule has 6 nitrogen and oxygen atoms in total. The zero-order chi connectivity index (χ0) is 12.7. The van der Waals surface area contributed by atoms with Gasteiger partial charge in [0.05, 0.1) is 6.10 Å². The molecule has 1 unspecified atom stereocenters. The lowest BCUT2D eigenvalue weighted by molar-refractivity contribution is -0.145. The van der Waals surface area contributed by atoms with Crippen LogP contribution < -0.4 is 0 Å². The number of aliphatic carboxylic acids is 1. The fourth-order valence-electron chi connectivity index (χ4n) is 1.57. The summed E-state index contributed by atoms with van der Waals surface area (Å²) in [5.41, 5.74) is 0. The Morgan fingerprint density at radius 2 is 2.24 bits per heavy atom. The minimum atomic E-state index is -1.09. The zero-order valence-corrected chi connectivity index (χ0v) is 9.42. The van der Waals surface area contributed by atoms with Crippen molar-refractivity contribution in [2.75, 3.05) is 32.9 Å². The Labute approximate surface area is 99.5 Å². The highest BCUT2D eigenvalue weighted by atomic mass is 16.5. The fourth-order valence-corrected chi connectivity index (χ4v) is 1.57. The second kappa shape index (κ2) is 6.89. The maximum absolute atomic E-state index is 11.6. The molecule has 0 aliphatic carbocycles. The van der Waals surface area contributed by atoms with E-state index in [0.717, 1.165) is 6.42 Å². The van der Waals surface area contributed by atoms with Gasteiger partial charge in [-0.25, -0.2) is 4.79 Å². The van der Waals surface area contributed by atoms with Gasteiger partial charge < -0.3 is 19.5 Å². The molecule has 0 spiro atoms. The number of amides is 1. The van der Waals surface area contributed by atoms with Crippen molar-refractivity contribution >= 4 is 11.9 Å². The van der Waals surface area contributed by atoms with E-state index in [0.29, 0.717) is 13.1 Å². The van der Waals surface area contributed by atoms with E-state index in [-0.39, 0.29) is 25.2 Å². The minimum Gasteiger partial charge on any atom is -0.480 e. The third-order valence-electron chi connectivity index (χ3n) is 2.35. The fraction of sp³-hybridized carbons (Fsp3) is 0.636. The predicted molar refractivity (Wildman–Crippen MR) is 58.2 cm³/mol. The van der Waals surface area contributed by atoms with E-state index >= 15 is 0 Å². The lowest BCUT2D eigenvalue weighted by Gasteiger charge is -2.15. The highest BCUT2D eigenvalue weighted by Gasteiger charge is 2.26. The molecule has 1 aliphatic heterocycles. The van der Waals surface area contributed by atoms with Gasteiger partial charge in [0.1, 0.15) is 19.8 Å². The van der Waals surface area contributed by atoms with Gasteiger partial charge in [-0.05, 0) is 6.42 Å². The molecule has 94 valence electrons. The third-order valence-corrected chi connectivity index (χ3v) is 2.35. The second-order valence-electron chi connectivity index (χ2n) is 3.65. The van der Waals surface area contributed by atoms with Gasteiger partial charge in [0, 0.05) is 13.1 Å². The molecular weight excluding hydrogens is 226 g/mol. The molecule has 1 N–H and O–H groups in total. The monoisotopic (exact) mass is 241 g/mol. The number of hydrogen-bond donors (Lipinski definition) is 1. The van der Waals surface area contributed by atoms with Gasteiger partial charge in [0.25, 0.3) is 0 Å². The van der Waals surface area contributed by atoms with Gasteiger partial charge in [-0.3, -0.25) is 4.79 Å². The summed E-state index contributed by atoms with van der Waals surface area (Å²) in [5.74, 6) is 1.06. The lowest BCUT2D eigenvalue weighted by Crippen LogP contribution is -2.33. The van der Waals surface area contributed by atoms with Gasteiger partial charge in [0.2, 0.25) is 5.91 Å². The number of rotatable bonds is 6. The summed E-state index contributed by atoms with van der Waals surface area (Å²) in [4.78, 5) is 23.3. The average Bonchev–Trinajstić information content (AvgIpc) is 2.74. The number of hydrogen-bond acceptors (Lipinski definition) is 4. The van der Waals surface area contributed by atoms with Crippen molar-refractivity contribution in [1.29, 1.82) is 0 Å². The average molecular weight is 241 g/mol. The van der Waals surface area contributed by atoms with Gasteiger partial charge in [-0.1, -0.05) is 5.92 Å². The molecule has 1 amide bonds. The van der Waals surface area contributed by atoms with E-state index in [9.17, 15) is 9.59 Å². The molecule has 0 aromatic heterocycles. The molecule has 1 rings (SSSR count). The Hall–Kier alpha value is -1.58. The number of carbonyl (C=O) groups excluding carboxylic acids is 1. The Morgan fingerprint density at radius 3 is 2.88 bits per heavy atom. The van der Waals surface area contributed by atoms with Gasteiger partial charge >= 0.3 is 5.97 Å². The molecule has 0 aromatic rings. The van der Waals surface area contributed by atoms with Crippen LogP contribution in [0.3, 0.4) is 0 Å². The number of likely N-dealkylation sites (tertiary alicyclic amines) is 1. The summed E-state index contributed by atoms with van der Waals surface area (Å²) >= 11 is 0. The molecular formula is C11H15NO5. The van der Waals surface area contributed by atoms with Crippen LogP contribution in [0.2, 0.25) is 0 Å².